The van der Waals surface area contributed by atoms with Gasteiger partial charge in [0.2, 0.25) is 0 Å². The summed E-state index contributed by atoms with van der Waals surface area (Å²) in [6, 6.07) is 19.8. The normalized spacial score (nSPS) is 10.6. The number of aromatic nitrogens is 2. The lowest BCUT2D eigenvalue weighted by molar-refractivity contribution is 0.206. The molecule has 2 amide bonds. The third-order valence-electron chi connectivity index (χ3n) is 4.47. The van der Waals surface area contributed by atoms with Crippen molar-refractivity contribution >= 4 is 6.03 Å². The number of rotatable bonds is 5. The summed E-state index contributed by atoms with van der Waals surface area (Å²) >= 11 is 0. The van der Waals surface area contributed by atoms with E-state index in [4.69, 9.17) is 0 Å². The number of nitrogens with one attached hydrogen (secondary N) is 1. The molecule has 0 aliphatic carbocycles. The number of benzene rings is 2. The Morgan fingerprint density at radius 3 is 2.31 bits per heavy atom. The number of carbonyl (C=O) groups excluding carboxylic acids is 1. The van der Waals surface area contributed by atoms with Gasteiger partial charge in [-0.1, -0.05) is 48.5 Å². The van der Waals surface area contributed by atoms with Crippen LogP contribution in [0.4, 0.5) is 4.79 Å². The first kappa shape index (κ1) is 17.7. The van der Waals surface area contributed by atoms with Crippen LogP contribution in [0.1, 0.15) is 22.5 Å². The molecule has 1 aromatic heterocycles. The van der Waals surface area contributed by atoms with Gasteiger partial charge < -0.3 is 10.2 Å². The highest BCUT2D eigenvalue weighted by Gasteiger charge is 2.17. The van der Waals surface area contributed by atoms with Gasteiger partial charge in [-0.2, -0.15) is 5.10 Å². The first-order valence-electron chi connectivity index (χ1n) is 8.69. The van der Waals surface area contributed by atoms with Crippen molar-refractivity contribution in [1.29, 1.82) is 0 Å². The topological polar surface area (TPSA) is 50.2 Å². The summed E-state index contributed by atoms with van der Waals surface area (Å²) in [6.07, 6.45) is 0. The SMILES string of the molecule is Cc1nn(-c2ccccc2)c(C)c1CN(C)C(=O)NCc1ccccc1. The predicted molar refractivity (Wildman–Crippen MR) is 103 cm³/mol. The molecular formula is C21H24N4O. The van der Waals surface area contributed by atoms with E-state index in [9.17, 15) is 4.79 Å². The van der Waals surface area contributed by atoms with Crippen LogP contribution in [0.25, 0.3) is 5.69 Å². The minimum Gasteiger partial charge on any atom is -0.334 e. The van der Waals surface area contributed by atoms with E-state index in [1.165, 1.54) is 0 Å². The highest BCUT2D eigenvalue weighted by Crippen LogP contribution is 2.19. The molecule has 2 aromatic carbocycles. The fourth-order valence-electron chi connectivity index (χ4n) is 2.94. The maximum atomic E-state index is 12.4. The molecule has 3 rings (SSSR count). The van der Waals surface area contributed by atoms with Gasteiger partial charge in [-0.05, 0) is 31.5 Å². The van der Waals surface area contributed by atoms with Crippen LogP contribution < -0.4 is 5.32 Å². The van der Waals surface area contributed by atoms with Gasteiger partial charge in [0.05, 0.1) is 17.9 Å². The van der Waals surface area contributed by atoms with Crippen LogP contribution >= 0.6 is 0 Å². The van der Waals surface area contributed by atoms with Gasteiger partial charge in [-0.25, -0.2) is 9.48 Å². The minimum atomic E-state index is -0.0971. The zero-order valence-electron chi connectivity index (χ0n) is 15.4. The van der Waals surface area contributed by atoms with E-state index in [2.05, 4.69) is 10.4 Å². The Morgan fingerprint density at radius 1 is 1.04 bits per heavy atom. The van der Waals surface area contributed by atoms with Crippen LogP contribution in [0.3, 0.4) is 0 Å². The van der Waals surface area contributed by atoms with E-state index in [1.807, 2.05) is 79.2 Å². The summed E-state index contributed by atoms with van der Waals surface area (Å²) < 4.78 is 1.93. The van der Waals surface area contributed by atoms with E-state index in [0.717, 1.165) is 28.2 Å². The lowest BCUT2D eigenvalue weighted by Gasteiger charge is -2.18. The Morgan fingerprint density at radius 2 is 1.65 bits per heavy atom. The Balaban J connectivity index is 1.68. The predicted octanol–water partition coefficient (Wildman–Crippen LogP) is 3.83. The molecule has 134 valence electrons. The van der Waals surface area contributed by atoms with Crippen molar-refractivity contribution in [2.24, 2.45) is 0 Å². The summed E-state index contributed by atoms with van der Waals surface area (Å²) in [4.78, 5) is 14.1. The minimum absolute atomic E-state index is 0.0971. The number of aryl methyl sites for hydroxylation is 1. The molecule has 1 N–H and O–H groups in total. The molecule has 1 heterocycles. The van der Waals surface area contributed by atoms with Crippen molar-refractivity contribution < 1.29 is 4.79 Å². The Labute approximate surface area is 154 Å². The molecule has 0 atom stereocenters. The van der Waals surface area contributed by atoms with Crippen LogP contribution in [-0.4, -0.2) is 27.8 Å². The van der Waals surface area contributed by atoms with Gasteiger partial charge in [-0.3, -0.25) is 0 Å². The number of nitrogens with zero attached hydrogens (tertiary/aromatic N) is 3. The molecule has 0 bridgehead atoms. The van der Waals surface area contributed by atoms with Crippen LogP contribution in [-0.2, 0) is 13.1 Å². The summed E-state index contributed by atoms with van der Waals surface area (Å²) in [7, 11) is 1.80. The molecule has 5 nitrogen and oxygen atoms in total. The van der Waals surface area contributed by atoms with Crippen LogP contribution in [0.15, 0.2) is 60.7 Å². The van der Waals surface area contributed by atoms with Crippen LogP contribution in [0.5, 0.6) is 0 Å². The van der Waals surface area contributed by atoms with Crippen molar-refractivity contribution in [3.63, 3.8) is 0 Å². The molecular weight excluding hydrogens is 324 g/mol. The smallest absolute Gasteiger partial charge is 0.317 e. The fourth-order valence-corrected chi connectivity index (χ4v) is 2.94. The fraction of sp³-hybridized carbons (Fsp3) is 0.238. The average molecular weight is 348 g/mol. The number of urea groups is 1. The van der Waals surface area contributed by atoms with Gasteiger partial charge in [0.1, 0.15) is 0 Å². The van der Waals surface area contributed by atoms with E-state index >= 15 is 0 Å². The maximum Gasteiger partial charge on any atom is 0.317 e. The molecule has 3 aromatic rings. The van der Waals surface area contributed by atoms with Crippen molar-refractivity contribution in [2.45, 2.75) is 26.9 Å². The Kier molecular flexibility index (Phi) is 5.37. The van der Waals surface area contributed by atoms with Gasteiger partial charge in [0.15, 0.2) is 0 Å². The number of amides is 2. The lowest BCUT2D eigenvalue weighted by atomic mass is 10.2. The highest BCUT2D eigenvalue weighted by atomic mass is 16.2. The Hall–Kier alpha value is -3.08. The highest BCUT2D eigenvalue weighted by molar-refractivity contribution is 5.73. The molecule has 0 spiro atoms. The van der Waals surface area contributed by atoms with Crippen molar-refractivity contribution in [2.75, 3.05) is 7.05 Å². The third kappa shape index (κ3) is 3.94. The van der Waals surface area contributed by atoms with E-state index in [-0.39, 0.29) is 6.03 Å². The largest absolute Gasteiger partial charge is 0.334 e. The van der Waals surface area contributed by atoms with Gasteiger partial charge in [0, 0.05) is 24.8 Å². The van der Waals surface area contributed by atoms with Crippen molar-refractivity contribution in [1.82, 2.24) is 20.0 Å². The quantitative estimate of drug-likeness (QED) is 0.762. The first-order valence-corrected chi connectivity index (χ1v) is 8.69. The second-order valence-electron chi connectivity index (χ2n) is 6.40. The van der Waals surface area contributed by atoms with E-state index < -0.39 is 0 Å². The van der Waals surface area contributed by atoms with Crippen LogP contribution in [0.2, 0.25) is 0 Å². The number of carbonyl (C=O) groups is 1. The number of hydrogen-bond acceptors (Lipinski definition) is 2. The molecule has 0 aliphatic heterocycles. The molecule has 0 saturated carbocycles. The lowest BCUT2D eigenvalue weighted by Crippen LogP contribution is -2.36. The summed E-state index contributed by atoms with van der Waals surface area (Å²) in [6.45, 7) is 5.06. The average Bonchev–Trinajstić information content (AvgIpc) is 2.95. The molecule has 0 aliphatic rings. The maximum absolute atomic E-state index is 12.4. The van der Waals surface area contributed by atoms with Gasteiger partial charge in [-0.15, -0.1) is 0 Å². The molecule has 0 fully saturated rings. The molecule has 0 saturated heterocycles. The van der Waals surface area contributed by atoms with Crippen LogP contribution in [0, 0.1) is 13.8 Å². The molecule has 0 unspecified atom stereocenters. The Bertz CT molecular complexity index is 872. The monoisotopic (exact) mass is 348 g/mol. The standard InChI is InChI=1S/C21H24N4O/c1-16-20(17(2)25(23-16)19-12-8-5-9-13-19)15-24(3)21(26)22-14-18-10-6-4-7-11-18/h4-13H,14-15H2,1-3H3,(H,22,26). The number of para-hydroxylation sites is 1. The zero-order valence-corrected chi connectivity index (χ0v) is 15.4. The third-order valence-corrected chi connectivity index (χ3v) is 4.47. The zero-order chi connectivity index (χ0) is 18.5. The van der Waals surface area contributed by atoms with E-state index in [0.29, 0.717) is 13.1 Å². The second kappa shape index (κ2) is 7.87. The van der Waals surface area contributed by atoms with Crippen molar-refractivity contribution in [3.8, 4) is 5.69 Å². The molecule has 0 radical (unpaired) electrons. The van der Waals surface area contributed by atoms with Crippen molar-refractivity contribution in [3.05, 3.63) is 83.2 Å². The second-order valence-corrected chi connectivity index (χ2v) is 6.40. The van der Waals surface area contributed by atoms with Gasteiger partial charge >= 0.3 is 6.03 Å². The number of hydrogen-bond donors (Lipinski definition) is 1. The summed E-state index contributed by atoms with van der Waals surface area (Å²) in [5.41, 5.74) is 5.17. The summed E-state index contributed by atoms with van der Waals surface area (Å²) in [5, 5.41) is 7.60. The van der Waals surface area contributed by atoms with Gasteiger partial charge in [0.25, 0.3) is 0 Å². The molecule has 5 heteroatoms. The van der Waals surface area contributed by atoms with E-state index in [1.54, 1.807) is 11.9 Å². The summed E-state index contributed by atoms with van der Waals surface area (Å²) in [5.74, 6) is 0. The first-order chi connectivity index (χ1) is 12.6. The molecule has 26 heavy (non-hydrogen) atoms.